The van der Waals surface area contributed by atoms with Crippen molar-refractivity contribution in [2.45, 2.75) is 13.3 Å². The molecule has 0 bridgehead atoms. The van der Waals surface area contributed by atoms with Crippen molar-refractivity contribution in [3.8, 4) is 0 Å². The molecule has 0 aromatic carbocycles. The summed E-state index contributed by atoms with van der Waals surface area (Å²) in [6.45, 7) is 5.47. The van der Waals surface area contributed by atoms with E-state index < -0.39 is 0 Å². The summed E-state index contributed by atoms with van der Waals surface area (Å²) in [5.74, 6) is 0.0516. The lowest BCUT2D eigenvalue weighted by molar-refractivity contribution is -0.120. The van der Waals surface area contributed by atoms with Crippen molar-refractivity contribution >= 4 is 11.7 Å². The molecule has 5 heteroatoms. The summed E-state index contributed by atoms with van der Waals surface area (Å²) in [7, 11) is 0. The zero-order chi connectivity index (χ0) is 11.0. The van der Waals surface area contributed by atoms with Crippen LogP contribution < -0.4 is 16.8 Å². The number of hydrogen-bond donors (Lipinski definition) is 3. The van der Waals surface area contributed by atoms with E-state index in [-0.39, 0.29) is 18.2 Å². The molecule has 0 atom stereocenters. The van der Waals surface area contributed by atoms with Crippen molar-refractivity contribution in [3.05, 3.63) is 24.6 Å². The highest BCUT2D eigenvalue weighted by Crippen LogP contribution is 1.91. The monoisotopic (exact) mass is 196 g/mol. The van der Waals surface area contributed by atoms with Crippen LogP contribution in [0, 0.1) is 0 Å². The Balaban J connectivity index is 4.39. The lowest BCUT2D eigenvalue weighted by Crippen LogP contribution is -2.32. The fraction of sp³-hybridized carbons (Fsp3) is 0.333. The molecular formula is C9H16N4O. The molecule has 5 nitrogen and oxygen atoms in total. The first kappa shape index (κ1) is 12.4. The molecule has 0 spiro atoms. The summed E-state index contributed by atoms with van der Waals surface area (Å²) in [6, 6.07) is 0. The number of allylic oxidation sites excluding steroid dienone is 1. The van der Waals surface area contributed by atoms with Crippen LogP contribution in [0.3, 0.4) is 0 Å². The molecule has 0 aromatic rings. The molecule has 0 aliphatic carbocycles. The first-order chi connectivity index (χ1) is 6.65. The molecule has 5 N–H and O–H groups in total. The summed E-state index contributed by atoms with van der Waals surface area (Å²) in [5, 5.41) is 2.59. The van der Waals surface area contributed by atoms with E-state index in [2.05, 4.69) is 16.9 Å². The molecule has 0 saturated carbocycles. The Kier molecular flexibility index (Phi) is 6.06. The van der Waals surface area contributed by atoms with Gasteiger partial charge in [-0.15, -0.1) is 0 Å². The summed E-state index contributed by atoms with van der Waals surface area (Å²) in [4.78, 5) is 14.9. The summed E-state index contributed by atoms with van der Waals surface area (Å²) in [5.41, 5.74) is 11.2. The van der Waals surface area contributed by atoms with Crippen LogP contribution in [-0.2, 0) is 4.79 Å². The molecular weight excluding hydrogens is 180 g/mol. The lowest BCUT2D eigenvalue weighted by Gasteiger charge is -2.07. The summed E-state index contributed by atoms with van der Waals surface area (Å²) < 4.78 is 0. The number of amides is 1. The third-order valence-electron chi connectivity index (χ3n) is 1.44. The maximum absolute atomic E-state index is 11.2. The van der Waals surface area contributed by atoms with E-state index in [4.69, 9.17) is 11.5 Å². The number of carbonyl (C=O) groups is 1. The zero-order valence-electron chi connectivity index (χ0n) is 8.29. The maximum atomic E-state index is 11.2. The molecule has 0 heterocycles. The Morgan fingerprint density at radius 2 is 2.29 bits per heavy atom. The quantitative estimate of drug-likeness (QED) is 0.422. The van der Waals surface area contributed by atoms with Crippen molar-refractivity contribution in [1.29, 1.82) is 0 Å². The highest BCUT2D eigenvalue weighted by molar-refractivity contribution is 6.00. The van der Waals surface area contributed by atoms with Crippen LogP contribution in [0.4, 0.5) is 0 Å². The summed E-state index contributed by atoms with van der Waals surface area (Å²) >= 11 is 0. The third-order valence-corrected chi connectivity index (χ3v) is 1.44. The van der Waals surface area contributed by atoms with Gasteiger partial charge in [0.05, 0.1) is 5.70 Å². The first-order valence-electron chi connectivity index (χ1n) is 4.26. The predicted molar refractivity (Wildman–Crippen MR) is 57.4 cm³/mol. The second-order valence-corrected chi connectivity index (χ2v) is 2.49. The van der Waals surface area contributed by atoms with Crippen LogP contribution in [0.25, 0.3) is 0 Å². The smallest absolute Gasteiger partial charge is 0.225 e. The molecule has 0 aliphatic heterocycles. The topological polar surface area (TPSA) is 93.5 Å². The van der Waals surface area contributed by atoms with Gasteiger partial charge in [-0.1, -0.05) is 12.7 Å². The van der Waals surface area contributed by atoms with Gasteiger partial charge in [0.15, 0.2) is 0 Å². The Morgan fingerprint density at radius 3 is 2.71 bits per heavy atom. The number of carbonyl (C=O) groups excluding carboxylic acids is 1. The highest BCUT2D eigenvalue weighted by atomic mass is 16.1. The first-order valence-corrected chi connectivity index (χ1v) is 4.26. The second-order valence-electron chi connectivity index (χ2n) is 2.49. The molecule has 78 valence electrons. The van der Waals surface area contributed by atoms with E-state index in [0.717, 1.165) is 0 Å². The van der Waals surface area contributed by atoms with E-state index in [1.807, 2.05) is 0 Å². The molecule has 0 aliphatic rings. The van der Waals surface area contributed by atoms with Crippen molar-refractivity contribution in [2.75, 3.05) is 6.54 Å². The Hall–Kier alpha value is -1.62. The SMILES string of the molecule is C=CN=C(N)/C(=C\C)NC(=O)CCN. The summed E-state index contributed by atoms with van der Waals surface area (Å²) in [6.07, 6.45) is 3.24. The van der Waals surface area contributed by atoms with Gasteiger partial charge < -0.3 is 16.8 Å². The minimum atomic E-state index is -0.178. The van der Waals surface area contributed by atoms with Crippen molar-refractivity contribution in [2.24, 2.45) is 16.5 Å². The van der Waals surface area contributed by atoms with Gasteiger partial charge in [-0.2, -0.15) is 0 Å². The molecule has 0 rings (SSSR count). The van der Waals surface area contributed by atoms with Crippen LogP contribution >= 0.6 is 0 Å². The van der Waals surface area contributed by atoms with Crippen molar-refractivity contribution in [1.82, 2.24) is 5.32 Å². The predicted octanol–water partition coefficient (Wildman–Crippen LogP) is -0.144. The largest absolute Gasteiger partial charge is 0.382 e. The molecule has 0 saturated heterocycles. The number of rotatable bonds is 5. The van der Waals surface area contributed by atoms with Gasteiger partial charge in [-0.25, -0.2) is 4.99 Å². The standard InChI is InChI=1S/C9H16N4O/c1-3-7(9(11)12-4-2)13-8(14)5-6-10/h3-4H,2,5-6,10H2,1H3,(H2,11,12)(H,13,14)/b7-3+. The number of hydrogen-bond acceptors (Lipinski definition) is 3. The number of nitrogens with one attached hydrogen (secondary N) is 1. The third kappa shape index (κ3) is 4.42. The minimum Gasteiger partial charge on any atom is -0.382 e. The Labute approximate surface area is 83.6 Å². The average molecular weight is 196 g/mol. The molecule has 0 unspecified atom stereocenters. The van der Waals surface area contributed by atoms with Crippen molar-refractivity contribution < 1.29 is 4.79 Å². The number of aliphatic imine (C=N–C) groups is 1. The molecule has 14 heavy (non-hydrogen) atoms. The van der Waals surface area contributed by atoms with E-state index in [9.17, 15) is 4.79 Å². The van der Waals surface area contributed by atoms with E-state index in [0.29, 0.717) is 12.2 Å². The van der Waals surface area contributed by atoms with E-state index in [1.54, 1.807) is 13.0 Å². The fourth-order valence-corrected chi connectivity index (χ4v) is 0.796. The molecule has 0 fully saturated rings. The van der Waals surface area contributed by atoms with Crippen LogP contribution in [0.2, 0.25) is 0 Å². The minimum absolute atomic E-state index is 0.178. The second kappa shape index (κ2) is 6.85. The van der Waals surface area contributed by atoms with Gasteiger partial charge in [0.1, 0.15) is 5.84 Å². The molecule has 0 radical (unpaired) electrons. The highest BCUT2D eigenvalue weighted by Gasteiger charge is 2.05. The van der Waals surface area contributed by atoms with Gasteiger partial charge in [0, 0.05) is 19.2 Å². The van der Waals surface area contributed by atoms with Gasteiger partial charge >= 0.3 is 0 Å². The van der Waals surface area contributed by atoms with Crippen LogP contribution in [-0.4, -0.2) is 18.3 Å². The average Bonchev–Trinajstić information content (AvgIpc) is 2.15. The van der Waals surface area contributed by atoms with E-state index >= 15 is 0 Å². The number of nitrogens with two attached hydrogens (primary N) is 2. The normalized spacial score (nSPS) is 12.4. The van der Waals surface area contributed by atoms with Crippen LogP contribution in [0.1, 0.15) is 13.3 Å². The molecule has 0 aromatic heterocycles. The number of amidine groups is 1. The van der Waals surface area contributed by atoms with E-state index in [1.165, 1.54) is 6.20 Å². The van der Waals surface area contributed by atoms with Crippen molar-refractivity contribution in [3.63, 3.8) is 0 Å². The Bertz CT molecular complexity index is 268. The van der Waals surface area contributed by atoms with Gasteiger partial charge in [-0.05, 0) is 6.92 Å². The zero-order valence-corrected chi connectivity index (χ0v) is 8.29. The van der Waals surface area contributed by atoms with Gasteiger partial charge in [0.2, 0.25) is 5.91 Å². The van der Waals surface area contributed by atoms with Gasteiger partial charge in [0.25, 0.3) is 0 Å². The maximum Gasteiger partial charge on any atom is 0.225 e. The van der Waals surface area contributed by atoms with Crippen LogP contribution in [0.15, 0.2) is 29.5 Å². The fourth-order valence-electron chi connectivity index (χ4n) is 0.796. The molecule has 1 amide bonds. The lowest BCUT2D eigenvalue weighted by atomic mass is 10.3. The Morgan fingerprint density at radius 1 is 1.64 bits per heavy atom. The number of nitrogens with zero attached hydrogens (tertiary/aromatic N) is 1. The van der Waals surface area contributed by atoms with Gasteiger partial charge in [-0.3, -0.25) is 4.79 Å². The van der Waals surface area contributed by atoms with Crippen LogP contribution in [0.5, 0.6) is 0 Å².